The highest BCUT2D eigenvalue weighted by Gasteiger charge is 2.33. The minimum atomic E-state index is -0.250. The summed E-state index contributed by atoms with van der Waals surface area (Å²) < 4.78 is 25.9. The summed E-state index contributed by atoms with van der Waals surface area (Å²) in [5, 5.41) is 9.91. The summed E-state index contributed by atoms with van der Waals surface area (Å²) >= 11 is 0. The molecule has 2 aliphatic heterocycles. The van der Waals surface area contributed by atoms with Crippen LogP contribution in [0.4, 0.5) is 4.39 Å². The lowest BCUT2D eigenvalue weighted by Gasteiger charge is -2.34. The SMILES string of the molecule is Oc1ccc2c(c1)OC[C@@H](c1cccc(F)c1)[C@H]2c1ccc(OCCN2CCCC2)cc1. The highest BCUT2D eigenvalue weighted by atomic mass is 19.1. The minimum Gasteiger partial charge on any atom is -0.508 e. The first kappa shape index (κ1) is 20.8. The quantitative estimate of drug-likeness (QED) is 0.572. The Bertz CT molecular complexity index is 1060. The monoisotopic (exact) mass is 433 g/mol. The number of likely N-dealkylation sites (tertiary alicyclic amines) is 1. The number of nitrogens with zero attached hydrogens (tertiary/aromatic N) is 1. The molecule has 2 aliphatic rings. The molecule has 0 spiro atoms. The molecule has 0 aromatic heterocycles. The highest BCUT2D eigenvalue weighted by molar-refractivity contribution is 5.50. The number of benzene rings is 3. The summed E-state index contributed by atoms with van der Waals surface area (Å²) in [6.45, 7) is 4.40. The van der Waals surface area contributed by atoms with Gasteiger partial charge in [0.05, 0.1) is 6.61 Å². The van der Waals surface area contributed by atoms with E-state index in [0.29, 0.717) is 19.0 Å². The second-order valence-corrected chi connectivity index (χ2v) is 8.64. The van der Waals surface area contributed by atoms with Crippen molar-refractivity contribution in [2.24, 2.45) is 0 Å². The molecule has 32 heavy (non-hydrogen) atoms. The summed E-state index contributed by atoms with van der Waals surface area (Å²) in [7, 11) is 0. The fourth-order valence-electron chi connectivity index (χ4n) is 4.91. The first-order chi connectivity index (χ1) is 15.7. The molecule has 4 nitrogen and oxygen atoms in total. The maximum Gasteiger partial charge on any atom is 0.126 e. The Morgan fingerprint density at radius 2 is 1.78 bits per heavy atom. The van der Waals surface area contributed by atoms with Crippen LogP contribution in [0, 0.1) is 5.82 Å². The molecule has 0 aliphatic carbocycles. The van der Waals surface area contributed by atoms with Gasteiger partial charge in [0.2, 0.25) is 0 Å². The molecule has 166 valence electrons. The van der Waals surface area contributed by atoms with Crippen LogP contribution in [-0.4, -0.2) is 42.9 Å². The molecule has 0 unspecified atom stereocenters. The molecular formula is C27H28FNO3. The number of phenolic OH excluding ortho intramolecular Hbond substituents is 1. The number of hydrogen-bond donors (Lipinski definition) is 1. The number of fused-ring (bicyclic) bond motifs is 1. The van der Waals surface area contributed by atoms with Crippen LogP contribution in [0.15, 0.2) is 66.7 Å². The average molecular weight is 434 g/mol. The van der Waals surface area contributed by atoms with Crippen molar-refractivity contribution in [3.8, 4) is 17.2 Å². The predicted octanol–water partition coefficient (Wildman–Crippen LogP) is 5.31. The van der Waals surface area contributed by atoms with E-state index in [4.69, 9.17) is 9.47 Å². The van der Waals surface area contributed by atoms with Crippen molar-refractivity contribution in [3.05, 3.63) is 89.2 Å². The van der Waals surface area contributed by atoms with Gasteiger partial charge in [0, 0.05) is 30.0 Å². The Morgan fingerprint density at radius 3 is 2.56 bits per heavy atom. The first-order valence-electron chi connectivity index (χ1n) is 11.3. The fraction of sp³-hybridized carbons (Fsp3) is 0.333. The van der Waals surface area contributed by atoms with Gasteiger partial charge in [-0.15, -0.1) is 0 Å². The van der Waals surface area contributed by atoms with Crippen LogP contribution in [0.1, 0.15) is 41.4 Å². The van der Waals surface area contributed by atoms with Crippen molar-refractivity contribution in [1.29, 1.82) is 0 Å². The standard InChI is InChI=1S/C27H28FNO3/c28-21-5-3-4-20(16-21)25-18-32-26-17-22(30)8-11-24(26)27(25)19-6-9-23(10-7-19)31-15-14-29-12-1-2-13-29/h3-11,16-17,25,27,30H,1-2,12-15,18H2/t25-,27-/m0/s1. The maximum atomic E-state index is 14.0. The third kappa shape index (κ3) is 4.44. The third-order valence-corrected chi connectivity index (χ3v) is 6.54. The Labute approximate surface area is 188 Å². The average Bonchev–Trinajstić information content (AvgIpc) is 3.32. The molecule has 2 atom stereocenters. The van der Waals surface area contributed by atoms with E-state index in [1.165, 1.54) is 32.0 Å². The Kier molecular flexibility index (Phi) is 5.99. The Morgan fingerprint density at radius 1 is 0.969 bits per heavy atom. The molecular weight excluding hydrogens is 405 g/mol. The largest absolute Gasteiger partial charge is 0.508 e. The van der Waals surface area contributed by atoms with Gasteiger partial charge in [0.25, 0.3) is 0 Å². The van der Waals surface area contributed by atoms with Gasteiger partial charge in [0.1, 0.15) is 29.7 Å². The topological polar surface area (TPSA) is 41.9 Å². The molecule has 1 saturated heterocycles. The summed E-state index contributed by atoms with van der Waals surface area (Å²) in [6.07, 6.45) is 2.57. The van der Waals surface area contributed by atoms with Crippen LogP contribution in [0.25, 0.3) is 0 Å². The van der Waals surface area contributed by atoms with E-state index >= 15 is 0 Å². The molecule has 2 heterocycles. The van der Waals surface area contributed by atoms with E-state index in [0.717, 1.165) is 29.0 Å². The Balaban J connectivity index is 1.40. The van der Waals surface area contributed by atoms with E-state index in [1.807, 2.05) is 24.3 Å². The highest BCUT2D eigenvalue weighted by Crippen LogP contribution is 2.47. The molecule has 1 N–H and O–H groups in total. The van der Waals surface area contributed by atoms with Crippen molar-refractivity contribution < 1.29 is 19.0 Å². The lowest BCUT2D eigenvalue weighted by atomic mass is 9.76. The molecule has 1 fully saturated rings. The fourth-order valence-corrected chi connectivity index (χ4v) is 4.91. The van der Waals surface area contributed by atoms with Crippen LogP contribution in [0.5, 0.6) is 17.2 Å². The van der Waals surface area contributed by atoms with E-state index in [1.54, 1.807) is 24.3 Å². The molecule has 0 radical (unpaired) electrons. The van der Waals surface area contributed by atoms with Crippen molar-refractivity contribution in [2.45, 2.75) is 24.7 Å². The van der Waals surface area contributed by atoms with Gasteiger partial charge in [-0.05, 0) is 67.4 Å². The normalized spacial score (nSPS) is 20.5. The molecule has 5 heteroatoms. The van der Waals surface area contributed by atoms with Gasteiger partial charge in [-0.25, -0.2) is 4.39 Å². The van der Waals surface area contributed by atoms with Crippen LogP contribution in [0.3, 0.4) is 0 Å². The van der Waals surface area contributed by atoms with Crippen molar-refractivity contribution in [3.63, 3.8) is 0 Å². The number of aromatic hydroxyl groups is 1. The summed E-state index contributed by atoms with van der Waals surface area (Å²) in [6, 6.07) is 20.2. The minimum absolute atomic E-state index is 0.0141. The molecule has 3 aromatic carbocycles. The van der Waals surface area contributed by atoms with E-state index < -0.39 is 0 Å². The van der Waals surface area contributed by atoms with E-state index in [2.05, 4.69) is 17.0 Å². The second kappa shape index (κ2) is 9.21. The van der Waals surface area contributed by atoms with E-state index in [9.17, 15) is 9.50 Å². The molecule has 3 aromatic rings. The number of halogens is 1. The Hall–Kier alpha value is -3.05. The van der Waals surface area contributed by atoms with Crippen LogP contribution in [-0.2, 0) is 0 Å². The zero-order valence-corrected chi connectivity index (χ0v) is 18.0. The van der Waals surface area contributed by atoms with Crippen molar-refractivity contribution in [2.75, 3.05) is 32.8 Å². The molecule has 0 saturated carbocycles. The lowest BCUT2D eigenvalue weighted by molar-refractivity contribution is 0.237. The van der Waals surface area contributed by atoms with Gasteiger partial charge in [-0.2, -0.15) is 0 Å². The number of phenols is 1. The van der Waals surface area contributed by atoms with E-state index in [-0.39, 0.29) is 23.4 Å². The second-order valence-electron chi connectivity index (χ2n) is 8.64. The summed E-state index contributed by atoms with van der Waals surface area (Å²) in [5.74, 6) is 1.40. The summed E-state index contributed by atoms with van der Waals surface area (Å²) in [4.78, 5) is 2.44. The predicted molar refractivity (Wildman–Crippen MR) is 122 cm³/mol. The number of rotatable bonds is 6. The zero-order chi connectivity index (χ0) is 21.9. The van der Waals surface area contributed by atoms with Gasteiger partial charge in [-0.3, -0.25) is 4.90 Å². The van der Waals surface area contributed by atoms with Gasteiger partial charge < -0.3 is 14.6 Å². The maximum absolute atomic E-state index is 14.0. The summed E-state index contributed by atoms with van der Waals surface area (Å²) in [5.41, 5.74) is 3.01. The van der Waals surface area contributed by atoms with Crippen molar-refractivity contribution in [1.82, 2.24) is 4.90 Å². The van der Waals surface area contributed by atoms with Crippen LogP contribution in [0.2, 0.25) is 0 Å². The molecule has 5 rings (SSSR count). The smallest absolute Gasteiger partial charge is 0.126 e. The third-order valence-electron chi connectivity index (χ3n) is 6.54. The lowest BCUT2D eigenvalue weighted by Crippen LogP contribution is -2.25. The number of ether oxygens (including phenoxy) is 2. The van der Waals surface area contributed by atoms with Gasteiger partial charge in [0.15, 0.2) is 0 Å². The van der Waals surface area contributed by atoms with Crippen molar-refractivity contribution >= 4 is 0 Å². The van der Waals surface area contributed by atoms with Crippen LogP contribution < -0.4 is 9.47 Å². The van der Waals surface area contributed by atoms with Gasteiger partial charge in [-0.1, -0.05) is 30.3 Å². The molecule has 0 bridgehead atoms. The number of hydrogen-bond acceptors (Lipinski definition) is 4. The van der Waals surface area contributed by atoms with Crippen LogP contribution >= 0.6 is 0 Å². The first-order valence-corrected chi connectivity index (χ1v) is 11.3. The zero-order valence-electron chi connectivity index (χ0n) is 18.0. The van der Waals surface area contributed by atoms with Gasteiger partial charge >= 0.3 is 0 Å². The molecule has 0 amide bonds.